The van der Waals surface area contributed by atoms with Gasteiger partial charge in [-0.2, -0.15) is 5.26 Å². The van der Waals surface area contributed by atoms with Crippen LogP contribution in [0.3, 0.4) is 0 Å². The Labute approximate surface area is 243 Å². The van der Waals surface area contributed by atoms with Gasteiger partial charge in [0, 0.05) is 37.6 Å². The Hall–Kier alpha value is -4.56. The van der Waals surface area contributed by atoms with Crippen LogP contribution in [0.1, 0.15) is 51.2 Å². The molecule has 0 unspecified atom stereocenters. The van der Waals surface area contributed by atoms with E-state index in [0.29, 0.717) is 60.8 Å². The van der Waals surface area contributed by atoms with Crippen LogP contribution >= 0.6 is 11.3 Å². The van der Waals surface area contributed by atoms with Crippen molar-refractivity contribution in [1.29, 1.82) is 5.26 Å². The van der Waals surface area contributed by atoms with Crippen LogP contribution in [0.2, 0.25) is 0 Å². The van der Waals surface area contributed by atoms with Crippen LogP contribution in [-0.4, -0.2) is 57.4 Å². The topological polar surface area (TPSA) is 144 Å². The van der Waals surface area contributed by atoms with Crippen LogP contribution in [0, 0.1) is 16.7 Å². The molecular weight excluding hydrogens is 538 g/mol. The number of fused-ring (bicyclic) bond motifs is 1. The summed E-state index contributed by atoms with van der Waals surface area (Å²) in [5.41, 5.74) is 3.51. The van der Waals surface area contributed by atoms with Crippen molar-refractivity contribution in [3.8, 4) is 17.3 Å². The predicted molar refractivity (Wildman–Crippen MR) is 163 cm³/mol. The van der Waals surface area contributed by atoms with Gasteiger partial charge in [0.15, 0.2) is 5.13 Å². The van der Waals surface area contributed by atoms with Crippen molar-refractivity contribution in [3.05, 3.63) is 60.4 Å². The lowest BCUT2D eigenvalue weighted by Gasteiger charge is -2.39. The van der Waals surface area contributed by atoms with E-state index in [-0.39, 0.29) is 6.03 Å². The minimum Gasteiger partial charge on any atom is -0.481 e. The van der Waals surface area contributed by atoms with E-state index in [1.165, 1.54) is 17.5 Å². The Balaban J connectivity index is 1.70. The summed E-state index contributed by atoms with van der Waals surface area (Å²) in [5, 5.41) is 24.8. The number of pyridine rings is 1. The molecule has 0 spiro atoms. The lowest BCUT2D eigenvalue weighted by molar-refractivity contribution is -0.151. The average molecular weight is 572 g/mol. The van der Waals surface area contributed by atoms with E-state index in [9.17, 15) is 20.0 Å². The lowest BCUT2D eigenvalue weighted by atomic mass is 9.76. The summed E-state index contributed by atoms with van der Waals surface area (Å²) in [7, 11) is 0. The van der Waals surface area contributed by atoms with Gasteiger partial charge in [0.25, 0.3) is 0 Å². The number of hydrogen-bond acceptors (Lipinski definition) is 7. The first-order valence-corrected chi connectivity index (χ1v) is 14.3. The third-order valence-electron chi connectivity index (χ3n) is 7.47. The largest absolute Gasteiger partial charge is 0.481 e. The number of hydrogen-bond donors (Lipinski definition) is 3. The molecule has 1 aliphatic rings. The number of aromatic nitrogens is 2. The molecule has 0 bridgehead atoms. The van der Waals surface area contributed by atoms with E-state index in [4.69, 9.17) is 4.99 Å². The number of urea groups is 1. The highest BCUT2D eigenvalue weighted by molar-refractivity contribution is 7.22. The fourth-order valence-corrected chi connectivity index (χ4v) is 5.79. The number of rotatable bonds is 8. The Morgan fingerprint density at radius 1 is 1.29 bits per heavy atom. The van der Waals surface area contributed by atoms with Crippen molar-refractivity contribution in [1.82, 2.24) is 20.2 Å². The molecule has 0 aliphatic carbocycles. The van der Waals surface area contributed by atoms with E-state index in [2.05, 4.69) is 38.1 Å². The number of nitrogens with one attached hydrogen (secondary N) is 2. The van der Waals surface area contributed by atoms with E-state index < -0.39 is 11.4 Å². The number of amidine groups is 1. The number of allylic oxidation sites excluding steroid dienone is 2. The molecule has 1 fully saturated rings. The van der Waals surface area contributed by atoms with Gasteiger partial charge in [-0.3, -0.25) is 15.1 Å². The molecule has 3 heterocycles. The molecule has 10 nitrogen and oxygen atoms in total. The maximum Gasteiger partial charge on any atom is 0.321 e. The third-order valence-corrected chi connectivity index (χ3v) is 8.49. The summed E-state index contributed by atoms with van der Waals surface area (Å²) < 4.78 is 0.840. The predicted octanol–water partition coefficient (Wildman–Crippen LogP) is 5.89. The number of anilines is 1. The summed E-state index contributed by atoms with van der Waals surface area (Å²) in [6, 6.07) is 9.16. The molecule has 11 heteroatoms. The quantitative estimate of drug-likeness (QED) is 0.174. The first-order valence-electron chi connectivity index (χ1n) is 13.4. The summed E-state index contributed by atoms with van der Waals surface area (Å²) in [6.07, 6.45) is 6.77. The molecule has 0 atom stereocenters. The highest BCUT2D eigenvalue weighted by Gasteiger charge is 2.40. The number of amides is 2. The third kappa shape index (κ3) is 6.44. The number of nitriles is 1. The first kappa shape index (κ1) is 29.4. The van der Waals surface area contributed by atoms with Gasteiger partial charge in [-0.25, -0.2) is 14.8 Å². The van der Waals surface area contributed by atoms with Gasteiger partial charge >= 0.3 is 12.0 Å². The fraction of sp³-hybridized carbons (Fsp3) is 0.333. The van der Waals surface area contributed by atoms with Crippen LogP contribution in [0.5, 0.6) is 0 Å². The highest BCUT2D eigenvalue weighted by Crippen LogP contribution is 2.38. The van der Waals surface area contributed by atoms with E-state index >= 15 is 0 Å². The summed E-state index contributed by atoms with van der Waals surface area (Å²) in [4.78, 5) is 39.9. The molecule has 4 rings (SSSR count). The molecule has 41 heavy (non-hydrogen) atoms. The number of carbonyl (C=O) groups excluding carboxylic acids is 1. The smallest absolute Gasteiger partial charge is 0.321 e. The fourth-order valence-electron chi connectivity index (χ4n) is 4.83. The maximum absolute atomic E-state index is 12.1. The second kappa shape index (κ2) is 12.7. The minimum atomic E-state index is -0.725. The van der Waals surface area contributed by atoms with Gasteiger partial charge in [-0.1, -0.05) is 30.9 Å². The number of piperidine rings is 1. The molecule has 1 aliphatic heterocycles. The van der Waals surface area contributed by atoms with Crippen LogP contribution in [0.15, 0.2) is 54.3 Å². The maximum atomic E-state index is 12.1. The number of carboxylic acid groups (broad SMARTS) is 1. The minimum absolute atomic E-state index is 0.335. The summed E-state index contributed by atoms with van der Waals surface area (Å²) >= 11 is 1.34. The normalized spacial score (nSPS) is 15.3. The monoisotopic (exact) mass is 571 g/mol. The number of aliphatic imine (C=N–C) groups is 1. The number of thiazole rings is 1. The van der Waals surface area contributed by atoms with Gasteiger partial charge in [0.1, 0.15) is 11.9 Å². The number of nitrogens with zero attached hydrogens (tertiary/aromatic N) is 5. The van der Waals surface area contributed by atoms with Gasteiger partial charge in [0.05, 0.1) is 26.9 Å². The molecule has 1 aromatic carbocycles. The molecule has 2 aromatic heterocycles. The summed E-state index contributed by atoms with van der Waals surface area (Å²) in [6.45, 7) is 11.4. The Bertz CT molecular complexity index is 1560. The number of benzene rings is 1. The van der Waals surface area contributed by atoms with Gasteiger partial charge in [-0.15, -0.1) is 0 Å². The van der Waals surface area contributed by atoms with E-state index in [1.807, 2.05) is 32.9 Å². The molecule has 3 aromatic rings. The van der Waals surface area contributed by atoms with Crippen molar-refractivity contribution in [2.75, 3.05) is 25.0 Å². The van der Waals surface area contributed by atoms with Crippen LogP contribution in [-0.2, 0) is 4.79 Å². The van der Waals surface area contributed by atoms with Crippen molar-refractivity contribution < 1.29 is 14.7 Å². The molecule has 1 saturated heterocycles. The van der Waals surface area contributed by atoms with Crippen LogP contribution < -0.4 is 10.6 Å². The van der Waals surface area contributed by atoms with Crippen LogP contribution in [0.25, 0.3) is 27.0 Å². The van der Waals surface area contributed by atoms with E-state index in [0.717, 1.165) is 27.2 Å². The number of carbonyl (C=O) groups is 2. The van der Waals surface area contributed by atoms with Crippen molar-refractivity contribution in [3.63, 3.8) is 0 Å². The van der Waals surface area contributed by atoms with Crippen LogP contribution in [0.4, 0.5) is 9.93 Å². The average Bonchev–Trinajstić information content (AvgIpc) is 3.39. The number of carboxylic acids is 1. The van der Waals surface area contributed by atoms with Crippen molar-refractivity contribution in [2.24, 2.45) is 10.4 Å². The highest BCUT2D eigenvalue weighted by atomic mass is 32.1. The zero-order valence-corrected chi connectivity index (χ0v) is 24.2. The zero-order valence-electron chi connectivity index (χ0n) is 23.4. The van der Waals surface area contributed by atoms with Crippen molar-refractivity contribution >= 4 is 50.1 Å². The van der Waals surface area contributed by atoms with E-state index in [1.54, 1.807) is 24.4 Å². The Morgan fingerprint density at radius 3 is 2.63 bits per heavy atom. The second-order valence-electron chi connectivity index (χ2n) is 9.81. The molecule has 0 saturated carbocycles. The lowest BCUT2D eigenvalue weighted by Crippen LogP contribution is -2.45. The standard InChI is InChI=1S/C30H33N7O3S/c1-5-21(18-33-19(4)37-12-10-30(6-2,11-13-37)27(38)39)22-14-23(24-9-8-20(16-31)17-34-24)26-25(15-22)35-29(41-26)36-28(40)32-7-3/h5,8-9,14-15,17-18H,1,6-7,10-13H2,2-4H3,(H,38,39)(H2,32,35,36,40)/b21-18+,33-19?. The molecule has 212 valence electrons. The SMILES string of the molecule is C=C/C(=C\N=C(C)N1CCC(CC)(C(=O)O)CC1)c1cc(-c2ccc(C#N)cn2)c2sc(NC(=O)NCC)nc2c1. The first-order chi connectivity index (χ1) is 19.7. The number of aliphatic carboxylic acids is 1. The van der Waals surface area contributed by atoms with Gasteiger partial charge in [-0.05, 0) is 68.5 Å². The second-order valence-corrected chi connectivity index (χ2v) is 10.8. The zero-order chi connectivity index (χ0) is 29.6. The Kier molecular flexibility index (Phi) is 9.14. The summed E-state index contributed by atoms with van der Waals surface area (Å²) in [5.74, 6) is 0.0778. The number of likely N-dealkylation sites (tertiary alicyclic amines) is 1. The van der Waals surface area contributed by atoms with Gasteiger partial charge < -0.3 is 15.3 Å². The molecule has 0 radical (unpaired) electrons. The Morgan fingerprint density at radius 2 is 2.05 bits per heavy atom. The van der Waals surface area contributed by atoms with Crippen molar-refractivity contribution in [2.45, 2.75) is 40.0 Å². The molecule has 2 amide bonds. The molecular formula is C30H33N7O3S. The molecule has 3 N–H and O–H groups in total. The van der Waals surface area contributed by atoms with Gasteiger partial charge in [0.2, 0.25) is 0 Å².